The fourth-order valence-electron chi connectivity index (χ4n) is 1.88. The highest BCUT2D eigenvalue weighted by Crippen LogP contribution is 2.17. The number of aromatic nitrogens is 3. The minimum atomic E-state index is -0.182. The number of rotatable bonds is 3. The SMILES string of the molecule is CCc1cc(C(=O)NC)nc(-n2cccn2)c1C. The van der Waals surface area contributed by atoms with Gasteiger partial charge in [0.1, 0.15) is 5.69 Å². The highest BCUT2D eigenvalue weighted by molar-refractivity contribution is 5.92. The van der Waals surface area contributed by atoms with Gasteiger partial charge in [-0.25, -0.2) is 9.67 Å². The van der Waals surface area contributed by atoms with Gasteiger partial charge in [0.15, 0.2) is 5.82 Å². The number of amides is 1. The van der Waals surface area contributed by atoms with Crippen LogP contribution in [0.1, 0.15) is 28.5 Å². The molecule has 2 heterocycles. The molecule has 18 heavy (non-hydrogen) atoms. The van der Waals surface area contributed by atoms with E-state index >= 15 is 0 Å². The molecule has 0 aromatic carbocycles. The van der Waals surface area contributed by atoms with Gasteiger partial charge in [-0.1, -0.05) is 6.92 Å². The molecule has 5 heteroatoms. The molecule has 0 radical (unpaired) electrons. The Morgan fingerprint density at radius 3 is 2.83 bits per heavy atom. The zero-order valence-electron chi connectivity index (χ0n) is 10.8. The number of carbonyl (C=O) groups is 1. The van der Waals surface area contributed by atoms with E-state index < -0.39 is 0 Å². The number of carbonyl (C=O) groups excluding carboxylic acids is 1. The van der Waals surface area contributed by atoms with Crippen LogP contribution in [0.5, 0.6) is 0 Å². The standard InChI is InChI=1S/C13H16N4O/c1-4-10-8-11(13(18)14-3)16-12(9(10)2)17-7-5-6-15-17/h5-8H,4H2,1-3H3,(H,14,18). The van der Waals surface area contributed by atoms with Crippen LogP contribution in [-0.2, 0) is 6.42 Å². The van der Waals surface area contributed by atoms with Crippen molar-refractivity contribution in [2.24, 2.45) is 0 Å². The second-order valence-corrected chi connectivity index (χ2v) is 4.00. The monoisotopic (exact) mass is 244 g/mol. The third kappa shape index (κ3) is 2.11. The summed E-state index contributed by atoms with van der Waals surface area (Å²) in [7, 11) is 1.60. The summed E-state index contributed by atoms with van der Waals surface area (Å²) < 4.78 is 1.68. The van der Waals surface area contributed by atoms with E-state index in [0.29, 0.717) is 11.5 Å². The lowest BCUT2D eigenvalue weighted by atomic mass is 10.1. The maximum atomic E-state index is 11.7. The molecule has 0 saturated carbocycles. The molecule has 0 spiro atoms. The van der Waals surface area contributed by atoms with Gasteiger partial charge in [0, 0.05) is 19.4 Å². The second-order valence-electron chi connectivity index (χ2n) is 4.00. The first kappa shape index (κ1) is 12.3. The topological polar surface area (TPSA) is 59.8 Å². The van der Waals surface area contributed by atoms with Gasteiger partial charge in [0.25, 0.3) is 5.91 Å². The molecule has 2 rings (SSSR count). The van der Waals surface area contributed by atoms with Gasteiger partial charge in [-0.15, -0.1) is 0 Å². The summed E-state index contributed by atoms with van der Waals surface area (Å²) in [5.74, 6) is 0.524. The van der Waals surface area contributed by atoms with Crippen LogP contribution in [0.2, 0.25) is 0 Å². The van der Waals surface area contributed by atoms with E-state index in [-0.39, 0.29) is 5.91 Å². The smallest absolute Gasteiger partial charge is 0.269 e. The van der Waals surface area contributed by atoms with E-state index in [9.17, 15) is 4.79 Å². The van der Waals surface area contributed by atoms with Crippen LogP contribution in [0.3, 0.4) is 0 Å². The normalized spacial score (nSPS) is 10.4. The van der Waals surface area contributed by atoms with Crippen LogP contribution in [0.4, 0.5) is 0 Å². The van der Waals surface area contributed by atoms with Crippen molar-refractivity contribution in [3.05, 3.63) is 41.3 Å². The summed E-state index contributed by atoms with van der Waals surface area (Å²) in [6.07, 6.45) is 4.37. The molecule has 0 aliphatic carbocycles. The van der Waals surface area contributed by atoms with Crippen molar-refractivity contribution in [2.75, 3.05) is 7.05 Å². The zero-order chi connectivity index (χ0) is 13.1. The Kier molecular flexibility index (Phi) is 3.41. The lowest BCUT2D eigenvalue weighted by Crippen LogP contribution is -2.21. The number of hydrogen-bond acceptors (Lipinski definition) is 3. The molecule has 0 aliphatic rings. The summed E-state index contributed by atoms with van der Waals surface area (Å²) in [5, 5.41) is 6.76. The van der Waals surface area contributed by atoms with Crippen LogP contribution in [0, 0.1) is 6.92 Å². The van der Waals surface area contributed by atoms with Crippen molar-refractivity contribution >= 4 is 5.91 Å². The molecule has 0 unspecified atom stereocenters. The predicted octanol–water partition coefficient (Wildman–Crippen LogP) is 1.50. The molecular weight excluding hydrogens is 228 g/mol. The molecule has 94 valence electrons. The largest absolute Gasteiger partial charge is 0.354 e. The van der Waals surface area contributed by atoms with Crippen molar-refractivity contribution in [1.82, 2.24) is 20.1 Å². The van der Waals surface area contributed by atoms with Crippen molar-refractivity contribution in [3.8, 4) is 5.82 Å². The summed E-state index contributed by atoms with van der Waals surface area (Å²) in [5.41, 5.74) is 2.58. The number of aryl methyl sites for hydroxylation is 1. The first-order valence-electron chi connectivity index (χ1n) is 5.90. The third-order valence-corrected chi connectivity index (χ3v) is 2.92. The lowest BCUT2D eigenvalue weighted by molar-refractivity contribution is 0.0958. The van der Waals surface area contributed by atoms with Gasteiger partial charge in [-0.2, -0.15) is 5.10 Å². The Hall–Kier alpha value is -2.17. The molecule has 0 aliphatic heterocycles. The average Bonchev–Trinajstić information content (AvgIpc) is 2.92. The zero-order valence-corrected chi connectivity index (χ0v) is 10.8. The number of nitrogens with zero attached hydrogens (tertiary/aromatic N) is 3. The van der Waals surface area contributed by atoms with Crippen LogP contribution in [0.15, 0.2) is 24.5 Å². The van der Waals surface area contributed by atoms with Gasteiger partial charge in [-0.3, -0.25) is 4.79 Å². The molecule has 0 atom stereocenters. The fourth-order valence-corrected chi connectivity index (χ4v) is 1.88. The number of pyridine rings is 1. The maximum Gasteiger partial charge on any atom is 0.269 e. The summed E-state index contributed by atoms with van der Waals surface area (Å²) in [4.78, 5) is 16.1. The van der Waals surface area contributed by atoms with Crippen molar-refractivity contribution in [3.63, 3.8) is 0 Å². The summed E-state index contributed by atoms with van der Waals surface area (Å²) in [6, 6.07) is 3.67. The van der Waals surface area contributed by atoms with Crippen molar-refractivity contribution in [1.29, 1.82) is 0 Å². The second kappa shape index (κ2) is 5.00. The highest BCUT2D eigenvalue weighted by atomic mass is 16.1. The molecule has 0 fully saturated rings. The Labute approximate surface area is 106 Å². The van der Waals surface area contributed by atoms with Gasteiger partial charge in [-0.05, 0) is 36.6 Å². The molecule has 1 N–H and O–H groups in total. The molecule has 5 nitrogen and oxygen atoms in total. The first-order valence-corrected chi connectivity index (χ1v) is 5.90. The van der Waals surface area contributed by atoms with Gasteiger partial charge in [0.05, 0.1) is 0 Å². The summed E-state index contributed by atoms with van der Waals surface area (Å²) in [6.45, 7) is 4.05. The Morgan fingerprint density at radius 1 is 1.50 bits per heavy atom. The molecule has 0 saturated heterocycles. The summed E-state index contributed by atoms with van der Waals surface area (Å²) >= 11 is 0. The van der Waals surface area contributed by atoms with E-state index in [4.69, 9.17) is 0 Å². The van der Waals surface area contributed by atoms with Gasteiger partial charge >= 0.3 is 0 Å². The predicted molar refractivity (Wildman–Crippen MR) is 68.9 cm³/mol. The van der Waals surface area contributed by atoms with Gasteiger partial charge in [0.2, 0.25) is 0 Å². The molecule has 2 aromatic rings. The minimum Gasteiger partial charge on any atom is -0.354 e. The number of hydrogen-bond donors (Lipinski definition) is 1. The molecule has 2 aromatic heterocycles. The quantitative estimate of drug-likeness (QED) is 0.890. The lowest BCUT2D eigenvalue weighted by Gasteiger charge is -2.11. The van der Waals surface area contributed by atoms with E-state index in [1.54, 1.807) is 17.9 Å². The Morgan fingerprint density at radius 2 is 2.28 bits per heavy atom. The maximum absolute atomic E-state index is 11.7. The first-order chi connectivity index (χ1) is 8.67. The van der Waals surface area contributed by atoms with Crippen LogP contribution in [-0.4, -0.2) is 27.7 Å². The van der Waals surface area contributed by atoms with Gasteiger partial charge < -0.3 is 5.32 Å². The molecule has 0 bridgehead atoms. The molecule has 1 amide bonds. The minimum absolute atomic E-state index is 0.182. The Bertz CT molecular complexity index is 561. The highest BCUT2D eigenvalue weighted by Gasteiger charge is 2.13. The molecular formula is C13H16N4O. The van der Waals surface area contributed by atoms with E-state index in [1.807, 2.05) is 25.3 Å². The Balaban J connectivity index is 2.61. The van der Waals surface area contributed by atoms with Crippen LogP contribution in [0.25, 0.3) is 5.82 Å². The average molecular weight is 244 g/mol. The third-order valence-electron chi connectivity index (χ3n) is 2.92. The van der Waals surface area contributed by atoms with E-state index in [2.05, 4.69) is 22.3 Å². The van der Waals surface area contributed by atoms with Crippen molar-refractivity contribution in [2.45, 2.75) is 20.3 Å². The van der Waals surface area contributed by atoms with Crippen LogP contribution < -0.4 is 5.32 Å². The fraction of sp³-hybridized carbons (Fsp3) is 0.308. The van der Waals surface area contributed by atoms with E-state index in [1.165, 1.54) is 0 Å². The number of nitrogens with one attached hydrogen (secondary N) is 1. The van der Waals surface area contributed by atoms with Crippen LogP contribution >= 0.6 is 0 Å². The van der Waals surface area contributed by atoms with E-state index in [0.717, 1.165) is 17.5 Å². The van der Waals surface area contributed by atoms with Crippen molar-refractivity contribution < 1.29 is 4.79 Å².